The van der Waals surface area contributed by atoms with Crippen LogP contribution in [0.3, 0.4) is 0 Å². The summed E-state index contributed by atoms with van der Waals surface area (Å²) in [4.78, 5) is 16.0. The van der Waals surface area contributed by atoms with E-state index in [-0.39, 0.29) is 3.92 Å². The topological polar surface area (TPSA) is 53.9 Å². The lowest BCUT2D eigenvalue weighted by atomic mass is 10.0. The fourth-order valence-corrected chi connectivity index (χ4v) is 3.61. The van der Waals surface area contributed by atoms with E-state index in [1.807, 2.05) is 18.2 Å². The standard InChI is InChI=1S/C21H24IN5/c1-4-18(22)16-10-7-6-9-15(16)14-27(3)21-17-11-8-12-24-20(17)25-19(26-21)13-23-5-2/h4,6-12,18,23H,1,5,13-14H2,2-3H3. The summed E-state index contributed by atoms with van der Waals surface area (Å²) >= 11 is 2.41. The van der Waals surface area contributed by atoms with E-state index >= 15 is 0 Å². The first-order valence-corrected chi connectivity index (χ1v) is 10.3. The largest absolute Gasteiger partial charge is 0.355 e. The van der Waals surface area contributed by atoms with Crippen molar-refractivity contribution in [2.45, 2.75) is 23.9 Å². The molecule has 6 heteroatoms. The van der Waals surface area contributed by atoms with Gasteiger partial charge in [-0.25, -0.2) is 15.0 Å². The van der Waals surface area contributed by atoms with Crippen LogP contribution >= 0.6 is 22.6 Å². The highest BCUT2D eigenvalue weighted by atomic mass is 127. The predicted octanol–water partition coefficient (Wildman–Crippen LogP) is 4.43. The Morgan fingerprint density at radius 2 is 2.04 bits per heavy atom. The molecule has 2 heterocycles. The Bertz CT molecular complexity index is 927. The number of aromatic nitrogens is 3. The van der Waals surface area contributed by atoms with E-state index < -0.39 is 0 Å². The Hall–Kier alpha value is -2.06. The number of benzene rings is 1. The Morgan fingerprint density at radius 3 is 2.81 bits per heavy atom. The molecule has 0 saturated carbocycles. The van der Waals surface area contributed by atoms with Gasteiger partial charge in [-0.1, -0.05) is 59.9 Å². The summed E-state index contributed by atoms with van der Waals surface area (Å²) < 4.78 is 0.278. The molecule has 1 unspecified atom stereocenters. The number of alkyl halides is 1. The lowest BCUT2D eigenvalue weighted by Gasteiger charge is -2.22. The van der Waals surface area contributed by atoms with Gasteiger partial charge in [0.1, 0.15) is 11.6 Å². The number of hydrogen-bond donors (Lipinski definition) is 1. The Kier molecular flexibility index (Phi) is 6.73. The van der Waals surface area contributed by atoms with Crippen molar-refractivity contribution in [1.82, 2.24) is 20.3 Å². The first-order valence-electron chi connectivity index (χ1n) is 9.02. The molecule has 27 heavy (non-hydrogen) atoms. The quantitative estimate of drug-likeness (QED) is 0.298. The zero-order chi connectivity index (χ0) is 19.2. The van der Waals surface area contributed by atoms with Crippen molar-refractivity contribution in [3.8, 4) is 0 Å². The number of anilines is 1. The van der Waals surface area contributed by atoms with E-state index in [0.29, 0.717) is 6.54 Å². The monoisotopic (exact) mass is 473 g/mol. The van der Waals surface area contributed by atoms with Crippen molar-refractivity contribution >= 4 is 39.4 Å². The molecule has 0 saturated heterocycles. The molecule has 0 amide bonds. The number of hydrogen-bond acceptors (Lipinski definition) is 5. The molecule has 1 aromatic carbocycles. The fourth-order valence-electron chi connectivity index (χ4n) is 3.00. The summed E-state index contributed by atoms with van der Waals surface area (Å²) in [5.74, 6) is 1.66. The van der Waals surface area contributed by atoms with Gasteiger partial charge in [0.25, 0.3) is 0 Å². The molecule has 1 atom stereocenters. The SMILES string of the molecule is C=CC(I)c1ccccc1CN(C)c1nc(CNCC)nc2ncccc12. The van der Waals surface area contributed by atoms with Crippen LogP contribution in [0.4, 0.5) is 5.82 Å². The third-order valence-corrected chi connectivity index (χ3v) is 5.54. The zero-order valence-corrected chi connectivity index (χ0v) is 17.8. The van der Waals surface area contributed by atoms with Crippen molar-refractivity contribution in [3.05, 3.63) is 72.2 Å². The molecule has 1 N–H and O–H groups in total. The van der Waals surface area contributed by atoms with Crippen molar-refractivity contribution in [2.75, 3.05) is 18.5 Å². The second kappa shape index (κ2) is 9.23. The first-order chi connectivity index (χ1) is 13.1. The maximum atomic E-state index is 4.82. The highest BCUT2D eigenvalue weighted by Crippen LogP contribution is 2.29. The molecular weight excluding hydrogens is 449 g/mol. The third kappa shape index (κ3) is 4.62. The summed E-state index contributed by atoms with van der Waals surface area (Å²) in [6.07, 6.45) is 3.74. The van der Waals surface area contributed by atoms with Gasteiger partial charge in [-0.05, 0) is 29.8 Å². The lowest BCUT2D eigenvalue weighted by Crippen LogP contribution is -2.22. The molecule has 3 rings (SSSR count). The Labute approximate surface area is 174 Å². The summed E-state index contributed by atoms with van der Waals surface area (Å²) in [7, 11) is 2.07. The fraction of sp³-hybridized carbons (Fsp3) is 0.286. The minimum absolute atomic E-state index is 0.278. The van der Waals surface area contributed by atoms with Crippen molar-refractivity contribution in [2.24, 2.45) is 0 Å². The molecule has 3 aromatic rings. The third-order valence-electron chi connectivity index (χ3n) is 4.36. The van der Waals surface area contributed by atoms with Crippen LogP contribution in [0.5, 0.6) is 0 Å². The van der Waals surface area contributed by atoms with Crippen LogP contribution in [-0.4, -0.2) is 28.5 Å². The Balaban J connectivity index is 1.98. The van der Waals surface area contributed by atoms with Gasteiger partial charge in [0.15, 0.2) is 5.65 Å². The van der Waals surface area contributed by atoms with Crippen LogP contribution in [0, 0.1) is 0 Å². The van der Waals surface area contributed by atoms with Gasteiger partial charge in [-0.3, -0.25) is 0 Å². The smallest absolute Gasteiger partial charge is 0.165 e. The van der Waals surface area contributed by atoms with E-state index in [1.54, 1.807) is 6.20 Å². The lowest BCUT2D eigenvalue weighted by molar-refractivity contribution is 0.690. The van der Waals surface area contributed by atoms with Crippen LogP contribution in [0.25, 0.3) is 11.0 Å². The van der Waals surface area contributed by atoms with Gasteiger partial charge in [0, 0.05) is 19.8 Å². The van der Waals surface area contributed by atoms with E-state index in [0.717, 1.165) is 35.8 Å². The van der Waals surface area contributed by atoms with Crippen molar-refractivity contribution < 1.29 is 0 Å². The summed E-state index contributed by atoms with van der Waals surface area (Å²) in [5, 5.41) is 4.26. The van der Waals surface area contributed by atoms with Crippen molar-refractivity contribution in [3.63, 3.8) is 0 Å². The number of halogens is 1. The minimum atomic E-state index is 0.278. The van der Waals surface area contributed by atoms with E-state index in [2.05, 4.69) is 87.6 Å². The highest BCUT2D eigenvalue weighted by Gasteiger charge is 2.15. The number of pyridine rings is 1. The summed E-state index contributed by atoms with van der Waals surface area (Å²) in [5.41, 5.74) is 3.28. The molecule has 0 fully saturated rings. The molecule has 140 valence electrons. The minimum Gasteiger partial charge on any atom is -0.355 e. The second-order valence-corrected chi connectivity index (χ2v) is 7.65. The summed E-state index contributed by atoms with van der Waals surface area (Å²) in [6.45, 7) is 8.27. The first kappa shape index (κ1) is 19.7. The molecule has 0 aliphatic rings. The van der Waals surface area contributed by atoms with E-state index in [1.165, 1.54) is 11.1 Å². The highest BCUT2D eigenvalue weighted by molar-refractivity contribution is 14.1. The molecule has 0 aliphatic carbocycles. The summed E-state index contributed by atoms with van der Waals surface area (Å²) in [6, 6.07) is 12.4. The molecule has 0 bridgehead atoms. The number of fused-ring (bicyclic) bond motifs is 1. The predicted molar refractivity (Wildman–Crippen MR) is 120 cm³/mol. The molecular formula is C21H24IN5. The molecule has 2 aromatic heterocycles. The second-order valence-electron chi connectivity index (χ2n) is 6.31. The maximum Gasteiger partial charge on any atom is 0.165 e. The van der Waals surface area contributed by atoms with Gasteiger partial charge in [-0.15, -0.1) is 6.58 Å². The van der Waals surface area contributed by atoms with Crippen LogP contribution in [-0.2, 0) is 13.1 Å². The van der Waals surface area contributed by atoms with Crippen LogP contribution in [0.2, 0.25) is 0 Å². The van der Waals surface area contributed by atoms with Gasteiger partial charge in [0.2, 0.25) is 0 Å². The Morgan fingerprint density at radius 1 is 1.22 bits per heavy atom. The number of nitrogens with one attached hydrogen (secondary N) is 1. The van der Waals surface area contributed by atoms with Crippen LogP contribution in [0.15, 0.2) is 55.3 Å². The number of rotatable bonds is 8. The van der Waals surface area contributed by atoms with Crippen LogP contribution < -0.4 is 10.2 Å². The average molecular weight is 473 g/mol. The van der Waals surface area contributed by atoms with Gasteiger partial charge in [0.05, 0.1) is 15.9 Å². The van der Waals surface area contributed by atoms with Gasteiger partial charge < -0.3 is 10.2 Å². The molecule has 5 nitrogen and oxygen atoms in total. The van der Waals surface area contributed by atoms with Gasteiger partial charge in [-0.2, -0.15) is 0 Å². The van der Waals surface area contributed by atoms with Crippen LogP contribution in [0.1, 0.15) is 27.8 Å². The normalized spacial score (nSPS) is 12.1. The zero-order valence-electron chi connectivity index (χ0n) is 15.7. The van der Waals surface area contributed by atoms with E-state index in [4.69, 9.17) is 4.98 Å². The number of allylic oxidation sites excluding steroid dienone is 1. The van der Waals surface area contributed by atoms with Gasteiger partial charge >= 0.3 is 0 Å². The molecule has 0 radical (unpaired) electrons. The molecule has 0 aliphatic heterocycles. The number of nitrogens with zero attached hydrogens (tertiary/aromatic N) is 4. The maximum absolute atomic E-state index is 4.82. The molecule has 0 spiro atoms. The van der Waals surface area contributed by atoms with E-state index in [9.17, 15) is 0 Å². The average Bonchev–Trinajstić information content (AvgIpc) is 2.71. The van der Waals surface area contributed by atoms with Crippen molar-refractivity contribution in [1.29, 1.82) is 0 Å².